The van der Waals surface area contributed by atoms with Crippen LogP contribution in [-0.2, 0) is 4.79 Å². The number of nitrogens with zero attached hydrogens (tertiary/aromatic N) is 2. The van der Waals surface area contributed by atoms with E-state index in [1.807, 2.05) is 13.8 Å². The second-order valence-electron chi connectivity index (χ2n) is 4.39. The number of pyridine rings is 1. The van der Waals surface area contributed by atoms with Gasteiger partial charge in [0.1, 0.15) is 5.15 Å². The van der Waals surface area contributed by atoms with Gasteiger partial charge in [-0.1, -0.05) is 11.6 Å². The molecule has 0 bridgehead atoms. The van der Waals surface area contributed by atoms with Crippen LogP contribution in [0.5, 0.6) is 0 Å². The average Bonchev–Trinajstić information content (AvgIpc) is 2.38. The van der Waals surface area contributed by atoms with Crippen LogP contribution in [-0.4, -0.2) is 41.3 Å². The molecule has 0 aliphatic rings. The van der Waals surface area contributed by atoms with Gasteiger partial charge in [0, 0.05) is 37.3 Å². The lowest BCUT2D eigenvalue weighted by atomic mass is 10.2. The highest BCUT2D eigenvalue weighted by Crippen LogP contribution is 2.10. The van der Waals surface area contributed by atoms with Crippen molar-refractivity contribution in [3.05, 3.63) is 28.5 Å². The molecule has 0 aromatic carbocycles. The van der Waals surface area contributed by atoms with Gasteiger partial charge >= 0.3 is 0 Å². The van der Waals surface area contributed by atoms with Crippen LogP contribution >= 0.6 is 11.6 Å². The minimum absolute atomic E-state index is 0.0410. The molecule has 0 unspecified atom stereocenters. The molecule has 1 aromatic heterocycles. The summed E-state index contributed by atoms with van der Waals surface area (Å²) in [4.78, 5) is 29.4. The van der Waals surface area contributed by atoms with E-state index in [4.69, 9.17) is 11.6 Å². The summed E-state index contributed by atoms with van der Waals surface area (Å²) in [6.45, 7) is 7.31. The van der Waals surface area contributed by atoms with Gasteiger partial charge in [0.15, 0.2) is 0 Å². The average molecular weight is 298 g/mol. The quantitative estimate of drug-likeness (QED) is 0.817. The van der Waals surface area contributed by atoms with Crippen molar-refractivity contribution >= 4 is 23.4 Å². The molecule has 0 saturated carbocycles. The Morgan fingerprint density at radius 1 is 1.30 bits per heavy atom. The van der Waals surface area contributed by atoms with Crippen molar-refractivity contribution in [2.75, 3.05) is 19.6 Å². The predicted molar refractivity (Wildman–Crippen MR) is 78.9 cm³/mol. The molecule has 0 radical (unpaired) electrons. The molecule has 5 nitrogen and oxygen atoms in total. The number of carbonyl (C=O) groups is 2. The number of aryl methyl sites for hydroxylation is 1. The van der Waals surface area contributed by atoms with E-state index < -0.39 is 0 Å². The Hall–Kier alpha value is -1.62. The zero-order chi connectivity index (χ0) is 15.1. The summed E-state index contributed by atoms with van der Waals surface area (Å²) in [7, 11) is 0. The first-order chi connectivity index (χ1) is 9.47. The van der Waals surface area contributed by atoms with Gasteiger partial charge in [-0.25, -0.2) is 4.98 Å². The molecule has 0 aliphatic carbocycles. The van der Waals surface area contributed by atoms with Crippen LogP contribution in [0.3, 0.4) is 0 Å². The number of aromatic nitrogens is 1. The maximum atomic E-state index is 11.9. The van der Waals surface area contributed by atoms with Crippen molar-refractivity contribution in [2.45, 2.75) is 27.2 Å². The number of nitrogens with one attached hydrogen (secondary N) is 1. The van der Waals surface area contributed by atoms with E-state index in [2.05, 4.69) is 10.3 Å². The summed E-state index contributed by atoms with van der Waals surface area (Å²) in [5.74, 6) is -0.205. The van der Waals surface area contributed by atoms with E-state index in [9.17, 15) is 9.59 Å². The molecule has 0 aliphatic heterocycles. The standard InChI is InChI=1S/C14H20ClN3O2/c1-4-18(5-2)13(19)6-7-16-14(20)11-8-10(3)17-12(15)9-11/h8-9H,4-7H2,1-3H3,(H,16,20). The predicted octanol–water partition coefficient (Wildman–Crippen LogP) is 2.03. The highest BCUT2D eigenvalue weighted by molar-refractivity contribution is 6.29. The fraction of sp³-hybridized carbons (Fsp3) is 0.500. The van der Waals surface area contributed by atoms with Gasteiger partial charge in [0.05, 0.1) is 0 Å². The van der Waals surface area contributed by atoms with Gasteiger partial charge in [-0.05, 0) is 32.9 Å². The van der Waals surface area contributed by atoms with Crippen LogP contribution in [0, 0.1) is 6.92 Å². The molecule has 1 aromatic rings. The molecular weight excluding hydrogens is 278 g/mol. The zero-order valence-electron chi connectivity index (χ0n) is 12.1. The number of carbonyl (C=O) groups excluding carboxylic acids is 2. The second-order valence-corrected chi connectivity index (χ2v) is 4.78. The van der Waals surface area contributed by atoms with E-state index in [0.29, 0.717) is 37.3 Å². The molecule has 1 N–H and O–H groups in total. The topological polar surface area (TPSA) is 62.3 Å². The van der Waals surface area contributed by atoms with Crippen LogP contribution in [0.2, 0.25) is 5.15 Å². The Labute approximate surface area is 124 Å². The molecule has 1 heterocycles. The number of hydrogen-bond acceptors (Lipinski definition) is 3. The van der Waals surface area contributed by atoms with E-state index in [-0.39, 0.29) is 17.0 Å². The first kappa shape index (κ1) is 16.4. The van der Waals surface area contributed by atoms with Gasteiger partial charge < -0.3 is 10.2 Å². The largest absolute Gasteiger partial charge is 0.352 e. The molecule has 1 rings (SSSR count). The van der Waals surface area contributed by atoms with Gasteiger partial charge in [-0.2, -0.15) is 0 Å². The van der Waals surface area contributed by atoms with Gasteiger partial charge in [-0.3, -0.25) is 9.59 Å². The second kappa shape index (κ2) is 7.85. The molecule has 20 heavy (non-hydrogen) atoms. The van der Waals surface area contributed by atoms with Crippen molar-refractivity contribution in [3.8, 4) is 0 Å². The maximum Gasteiger partial charge on any atom is 0.251 e. The number of hydrogen-bond donors (Lipinski definition) is 1. The monoisotopic (exact) mass is 297 g/mol. The molecular formula is C14H20ClN3O2. The fourth-order valence-corrected chi connectivity index (χ4v) is 2.13. The Morgan fingerprint density at radius 3 is 2.50 bits per heavy atom. The molecule has 0 fully saturated rings. The first-order valence-corrected chi connectivity index (χ1v) is 7.05. The minimum atomic E-state index is -0.246. The SMILES string of the molecule is CCN(CC)C(=O)CCNC(=O)c1cc(C)nc(Cl)c1. The fourth-order valence-electron chi connectivity index (χ4n) is 1.88. The van der Waals surface area contributed by atoms with E-state index >= 15 is 0 Å². The lowest BCUT2D eigenvalue weighted by Crippen LogP contribution is -2.34. The summed E-state index contributed by atoms with van der Waals surface area (Å²) in [6, 6.07) is 3.17. The van der Waals surface area contributed by atoms with Crippen LogP contribution in [0.1, 0.15) is 36.3 Å². The summed E-state index contributed by atoms with van der Waals surface area (Å²) < 4.78 is 0. The minimum Gasteiger partial charge on any atom is -0.352 e. The van der Waals surface area contributed by atoms with Gasteiger partial charge in [0.25, 0.3) is 5.91 Å². The van der Waals surface area contributed by atoms with Crippen molar-refractivity contribution < 1.29 is 9.59 Å². The molecule has 0 atom stereocenters. The highest BCUT2D eigenvalue weighted by Gasteiger charge is 2.11. The van der Waals surface area contributed by atoms with Gasteiger partial charge in [0.2, 0.25) is 5.91 Å². The molecule has 0 spiro atoms. The summed E-state index contributed by atoms with van der Waals surface area (Å²) >= 11 is 5.81. The Kier molecular flexibility index (Phi) is 6.45. The highest BCUT2D eigenvalue weighted by atomic mass is 35.5. The van der Waals surface area contributed by atoms with Crippen molar-refractivity contribution in [1.82, 2.24) is 15.2 Å². The Bertz CT molecular complexity index is 467. The maximum absolute atomic E-state index is 11.9. The third-order valence-electron chi connectivity index (χ3n) is 2.92. The van der Waals surface area contributed by atoms with E-state index in [1.54, 1.807) is 17.9 Å². The molecule has 2 amide bonds. The summed E-state index contributed by atoms with van der Waals surface area (Å²) in [5.41, 5.74) is 1.14. The lowest BCUT2D eigenvalue weighted by Gasteiger charge is -2.18. The van der Waals surface area contributed by atoms with E-state index in [0.717, 1.165) is 0 Å². The van der Waals surface area contributed by atoms with Gasteiger partial charge in [-0.15, -0.1) is 0 Å². The van der Waals surface area contributed by atoms with Crippen LogP contribution in [0.4, 0.5) is 0 Å². The summed E-state index contributed by atoms with van der Waals surface area (Å²) in [5, 5.41) is 3.00. The Balaban J connectivity index is 2.49. The normalized spacial score (nSPS) is 10.2. The molecule has 0 saturated heterocycles. The number of amides is 2. The Morgan fingerprint density at radius 2 is 1.95 bits per heavy atom. The smallest absolute Gasteiger partial charge is 0.251 e. The van der Waals surface area contributed by atoms with Crippen LogP contribution in [0.15, 0.2) is 12.1 Å². The third kappa shape index (κ3) is 4.81. The molecule has 110 valence electrons. The van der Waals surface area contributed by atoms with Crippen molar-refractivity contribution in [3.63, 3.8) is 0 Å². The zero-order valence-corrected chi connectivity index (χ0v) is 12.8. The number of rotatable bonds is 6. The van der Waals surface area contributed by atoms with Crippen LogP contribution in [0.25, 0.3) is 0 Å². The lowest BCUT2D eigenvalue weighted by molar-refractivity contribution is -0.130. The summed E-state index contributed by atoms with van der Waals surface area (Å²) in [6.07, 6.45) is 0.297. The first-order valence-electron chi connectivity index (χ1n) is 6.68. The number of halogens is 1. The third-order valence-corrected chi connectivity index (χ3v) is 3.12. The molecule has 6 heteroatoms. The van der Waals surface area contributed by atoms with Crippen molar-refractivity contribution in [2.24, 2.45) is 0 Å². The van der Waals surface area contributed by atoms with Crippen LogP contribution < -0.4 is 5.32 Å². The van der Waals surface area contributed by atoms with E-state index in [1.165, 1.54) is 6.07 Å². The van der Waals surface area contributed by atoms with Crippen molar-refractivity contribution in [1.29, 1.82) is 0 Å².